The number of nitrogens with zero attached hydrogens (tertiary/aromatic N) is 2. The summed E-state index contributed by atoms with van der Waals surface area (Å²) in [4.78, 5) is 17.1. The van der Waals surface area contributed by atoms with Crippen LogP contribution in [0.1, 0.15) is 38.2 Å². The summed E-state index contributed by atoms with van der Waals surface area (Å²) in [7, 11) is 3.17. The maximum atomic E-state index is 13.3. The van der Waals surface area contributed by atoms with Crippen molar-refractivity contribution in [2.24, 2.45) is 0 Å². The Morgan fingerprint density at radius 3 is 2.38 bits per heavy atom. The van der Waals surface area contributed by atoms with Crippen molar-refractivity contribution in [3.05, 3.63) is 59.9 Å². The Labute approximate surface area is 202 Å². The number of carbonyl (C=O) groups excluding carboxylic acids is 1. The minimum atomic E-state index is -1.23. The number of hydrogen-bond donors (Lipinski definition) is 1. The van der Waals surface area contributed by atoms with Crippen LogP contribution in [-0.4, -0.2) is 68.0 Å². The minimum Gasteiger partial charge on any atom is -0.494 e. The van der Waals surface area contributed by atoms with E-state index in [1.807, 2.05) is 24.3 Å². The number of unbranched alkanes of at least 4 members (excludes halogenated alkanes) is 1. The van der Waals surface area contributed by atoms with E-state index in [0.29, 0.717) is 32.5 Å². The van der Waals surface area contributed by atoms with Crippen LogP contribution in [0.15, 0.2) is 48.5 Å². The van der Waals surface area contributed by atoms with Crippen molar-refractivity contribution in [2.75, 3.05) is 45.3 Å². The van der Waals surface area contributed by atoms with Gasteiger partial charge in [0.05, 0.1) is 6.61 Å². The molecule has 0 aromatic heterocycles. The van der Waals surface area contributed by atoms with Crippen molar-refractivity contribution in [3.63, 3.8) is 0 Å². The van der Waals surface area contributed by atoms with Crippen LogP contribution in [0.3, 0.4) is 0 Å². The monoisotopic (exact) mass is 472 g/mol. The van der Waals surface area contributed by atoms with Gasteiger partial charge in [-0.2, -0.15) is 0 Å². The molecule has 0 bridgehead atoms. The lowest BCUT2D eigenvalue weighted by Crippen LogP contribution is -2.57. The second-order valence-electron chi connectivity index (χ2n) is 9.03. The summed E-state index contributed by atoms with van der Waals surface area (Å²) in [5.41, 5.74) is 0.571. The summed E-state index contributed by atoms with van der Waals surface area (Å²) in [6, 6.07) is 13.9. The third kappa shape index (κ3) is 6.78. The molecule has 186 valence electrons. The number of benzene rings is 2. The van der Waals surface area contributed by atoms with Gasteiger partial charge in [-0.05, 0) is 67.6 Å². The van der Waals surface area contributed by atoms with Gasteiger partial charge >= 0.3 is 0 Å². The van der Waals surface area contributed by atoms with Gasteiger partial charge in [-0.1, -0.05) is 25.5 Å². The third-order valence-corrected chi connectivity index (χ3v) is 6.62. The fourth-order valence-electron chi connectivity index (χ4n) is 4.32. The molecule has 1 saturated heterocycles. The second kappa shape index (κ2) is 12.3. The molecule has 34 heavy (non-hydrogen) atoms. The largest absolute Gasteiger partial charge is 0.494 e. The van der Waals surface area contributed by atoms with Crippen molar-refractivity contribution in [3.8, 4) is 5.75 Å². The highest BCUT2D eigenvalue weighted by Crippen LogP contribution is 2.30. The van der Waals surface area contributed by atoms with Crippen LogP contribution in [0.2, 0.25) is 0 Å². The highest BCUT2D eigenvalue weighted by atomic mass is 19.1. The molecule has 0 saturated carbocycles. The Morgan fingerprint density at radius 1 is 1.15 bits per heavy atom. The van der Waals surface area contributed by atoms with Crippen LogP contribution in [0.25, 0.3) is 0 Å². The Morgan fingerprint density at radius 2 is 1.79 bits per heavy atom. The number of likely N-dealkylation sites (N-methyl/N-ethyl adjacent to an activating group) is 1. The molecule has 1 aliphatic heterocycles. The molecule has 2 aromatic rings. The Hall–Kier alpha value is -2.48. The van der Waals surface area contributed by atoms with Crippen LogP contribution in [0.4, 0.5) is 10.1 Å². The first-order valence-electron chi connectivity index (χ1n) is 12.1. The molecule has 2 aromatic carbocycles. The number of halogens is 1. The van der Waals surface area contributed by atoms with Crippen LogP contribution < -0.4 is 9.64 Å². The molecule has 0 aliphatic carbocycles. The van der Waals surface area contributed by atoms with Crippen LogP contribution in [0.5, 0.6) is 5.75 Å². The number of ether oxygens (including phenoxy) is 2. The van der Waals surface area contributed by atoms with Crippen molar-refractivity contribution in [2.45, 2.75) is 50.7 Å². The Bertz CT molecular complexity index is 896. The average Bonchev–Trinajstić information content (AvgIpc) is 2.85. The van der Waals surface area contributed by atoms with E-state index in [0.717, 1.165) is 42.8 Å². The molecule has 6 nitrogen and oxygen atoms in total. The summed E-state index contributed by atoms with van der Waals surface area (Å²) in [5, 5.41) is 11.3. The molecule has 7 heteroatoms. The molecule has 1 amide bonds. The first kappa shape index (κ1) is 26.1. The molecule has 1 fully saturated rings. The quantitative estimate of drug-likeness (QED) is 0.500. The first-order chi connectivity index (χ1) is 16.4. The zero-order valence-corrected chi connectivity index (χ0v) is 20.5. The zero-order valence-electron chi connectivity index (χ0n) is 20.5. The molecular weight excluding hydrogens is 435 g/mol. The van der Waals surface area contributed by atoms with E-state index in [-0.39, 0.29) is 11.7 Å². The summed E-state index contributed by atoms with van der Waals surface area (Å²) in [6.07, 6.45) is 2.82. The molecule has 1 N–H and O–H groups in total. The standard InChI is InChI=1S/C27H37FN2O4/c1-4-5-20-34-24-12-10-23(11-13-24)29(2)26(31)25(33-3)27(32)15-18-30(19-16-27)17-14-21-6-8-22(28)9-7-21/h6-13,25,32H,4-5,14-20H2,1-3H3. The number of rotatable bonds is 11. The smallest absolute Gasteiger partial charge is 0.258 e. The normalized spacial score (nSPS) is 16.7. The highest BCUT2D eigenvalue weighted by Gasteiger charge is 2.45. The molecule has 0 spiro atoms. The van der Waals surface area contributed by atoms with E-state index in [2.05, 4.69) is 11.8 Å². The van der Waals surface area contributed by atoms with Gasteiger partial charge in [0.25, 0.3) is 5.91 Å². The van der Waals surface area contributed by atoms with Crippen LogP contribution in [-0.2, 0) is 16.0 Å². The topological polar surface area (TPSA) is 62.2 Å². The van der Waals surface area contributed by atoms with E-state index in [9.17, 15) is 14.3 Å². The molecular formula is C27H37FN2O4. The van der Waals surface area contributed by atoms with Gasteiger partial charge in [-0.25, -0.2) is 4.39 Å². The van der Waals surface area contributed by atoms with E-state index in [4.69, 9.17) is 9.47 Å². The van der Waals surface area contributed by atoms with Gasteiger partial charge in [0.2, 0.25) is 0 Å². The molecule has 1 heterocycles. The number of piperidine rings is 1. The van der Waals surface area contributed by atoms with Gasteiger partial charge in [-0.3, -0.25) is 4.79 Å². The van der Waals surface area contributed by atoms with E-state index >= 15 is 0 Å². The number of likely N-dealkylation sites (tertiary alicyclic amines) is 1. The predicted molar refractivity (Wildman–Crippen MR) is 132 cm³/mol. The fraction of sp³-hybridized carbons (Fsp3) is 0.519. The van der Waals surface area contributed by atoms with E-state index in [1.54, 1.807) is 19.2 Å². The molecule has 1 unspecified atom stereocenters. The summed E-state index contributed by atoms with van der Waals surface area (Å²) in [5.74, 6) is 0.265. The summed E-state index contributed by atoms with van der Waals surface area (Å²) < 4.78 is 24.3. The minimum absolute atomic E-state index is 0.233. The van der Waals surface area contributed by atoms with Gasteiger partial charge < -0.3 is 24.4 Å². The Kier molecular flexibility index (Phi) is 9.45. The number of hydrogen-bond acceptors (Lipinski definition) is 5. The van der Waals surface area contributed by atoms with Gasteiger partial charge in [0, 0.05) is 39.5 Å². The van der Waals surface area contributed by atoms with Crippen molar-refractivity contribution >= 4 is 11.6 Å². The van der Waals surface area contributed by atoms with Gasteiger partial charge in [0.1, 0.15) is 17.2 Å². The summed E-state index contributed by atoms with van der Waals surface area (Å²) >= 11 is 0. The average molecular weight is 473 g/mol. The molecule has 3 rings (SSSR count). The maximum Gasteiger partial charge on any atom is 0.258 e. The second-order valence-corrected chi connectivity index (χ2v) is 9.03. The van der Waals surface area contributed by atoms with Crippen LogP contribution in [0, 0.1) is 5.82 Å². The van der Waals surface area contributed by atoms with Crippen molar-refractivity contribution < 1.29 is 23.8 Å². The van der Waals surface area contributed by atoms with Gasteiger partial charge in [0.15, 0.2) is 6.10 Å². The number of anilines is 1. The van der Waals surface area contributed by atoms with E-state index in [1.165, 1.54) is 24.1 Å². The lowest BCUT2D eigenvalue weighted by atomic mass is 9.85. The maximum absolute atomic E-state index is 13.3. The number of aliphatic hydroxyl groups is 1. The predicted octanol–water partition coefficient (Wildman–Crippen LogP) is 4.05. The number of methoxy groups -OCH3 is 1. The molecule has 0 radical (unpaired) electrons. The van der Waals surface area contributed by atoms with Gasteiger partial charge in [-0.15, -0.1) is 0 Å². The lowest BCUT2D eigenvalue weighted by molar-refractivity contribution is -0.155. The Balaban J connectivity index is 1.55. The highest BCUT2D eigenvalue weighted by molar-refractivity contribution is 5.97. The SMILES string of the molecule is CCCCOc1ccc(N(C)C(=O)C(OC)C2(O)CCN(CCc3ccc(F)cc3)CC2)cc1. The van der Waals surface area contributed by atoms with Crippen molar-refractivity contribution in [1.82, 2.24) is 4.90 Å². The molecule has 1 aliphatic rings. The number of carbonyl (C=O) groups is 1. The zero-order chi connectivity index (χ0) is 24.6. The first-order valence-corrected chi connectivity index (χ1v) is 12.1. The lowest BCUT2D eigenvalue weighted by Gasteiger charge is -2.42. The number of amides is 1. The molecule has 1 atom stereocenters. The van der Waals surface area contributed by atoms with Crippen molar-refractivity contribution in [1.29, 1.82) is 0 Å². The third-order valence-electron chi connectivity index (χ3n) is 6.62. The fourth-order valence-corrected chi connectivity index (χ4v) is 4.32. The summed E-state index contributed by atoms with van der Waals surface area (Å²) in [6.45, 7) is 4.94. The van der Waals surface area contributed by atoms with Crippen LogP contribution >= 0.6 is 0 Å². The van der Waals surface area contributed by atoms with E-state index < -0.39 is 11.7 Å².